The maximum atomic E-state index is 10.7. The average molecular weight is 211 g/mol. The van der Waals surface area contributed by atoms with Crippen molar-refractivity contribution >= 4 is 30.8 Å². The van der Waals surface area contributed by atoms with Crippen LogP contribution in [0.3, 0.4) is 0 Å². The first-order valence-electron chi connectivity index (χ1n) is 2.69. The Labute approximate surface area is 82.2 Å². The predicted molar refractivity (Wildman–Crippen MR) is 47.9 cm³/mol. The first-order chi connectivity index (χ1) is 4.84. The molecule has 0 aliphatic heterocycles. The fraction of sp³-hybridized carbons (Fsp3) is 0.167. The molecule has 0 atom stereocenters. The molecule has 1 rings (SSSR count). The van der Waals surface area contributed by atoms with E-state index in [4.69, 9.17) is 0 Å². The minimum Gasteiger partial charge on any atom is -0.464 e. The van der Waals surface area contributed by atoms with Crippen LogP contribution < -0.4 is 0 Å². The molecule has 0 unspecified atom stereocenters. The van der Waals surface area contributed by atoms with Gasteiger partial charge in [0.1, 0.15) is 0 Å². The van der Waals surface area contributed by atoms with E-state index in [1.807, 2.05) is 0 Å². The summed E-state index contributed by atoms with van der Waals surface area (Å²) in [6.07, 6.45) is 4.28. The molecule has 0 bridgehead atoms. The number of nitrogens with zero attached hydrogens (tertiary/aromatic N) is 2. The molecular weight excluding hydrogens is 203 g/mol. The van der Waals surface area contributed by atoms with Crippen LogP contribution >= 0.6 is 24.8 Å². The molecule has 6 heteroatoms. The number of esters is 1. The summed E-state index contributed by atoms with van der Waals surface area (Å²) < 4.78 is 4.39. The Kier molecular flexibility index (Phi) is 7.78. The lowest BCUT2D eigenvalue weighted by molar-refractivity contribution is 0.0593. The third-order valence-corrected chi connectivity index (χ3v) is 0.958. The van der Waals surface area contributed by atoms with Gasteiger partial charge in [0.25, 0.3) is 0 Å². The van der Waals surface area contributed by atoms with Gasteiger partial charge in [-0.2, -0.15) is 0 Å². The molecule has 0 saturated carbocycles. The predicted octanol–water partition coefficient (Wildman–Crippen LogP) is 1.11. The molecule has 0 amide bonds. The quantitative estimate of drug-likeness (QED) is 0.652. The van der Waals surface area contributed by atoms with Gasteiger partial charge in [0, 0.05) is 12.4 Å². The molecule has 0 N–H and O–H groups in total. The molecule has 0 fully saturated rings. The molecule has 4 nitrogen and oxygen atoms in total. The normalized spacial score (nSPS) is 7.42. The minimum absolute atomic E-state index is 0. The van der Waals surface area contributed by atoms with Crippen LogP contribution in [0.2, 0.25) is 0 Å². The summed E-state index contributed by atoms with van der Waals surface area (Å²) in [5, 5.41) is 0. The molecule has 0 aromatic carbocycles. The van der Waals surface area contributed by atoms with Crippen LogP contribution in [0.25, 0.3) is 0 Å². The maximum absolute atomic E-state index is 10.7. The standard InChI is InChI=1S/C6H6N2O2.2ClH/c1-10-6(9)5-4-7-2-3-8-5;;/h2-4H,1H3;2*1H. The molecule has 12 heavy (non-hydrogen) atoms. The molecule has 1 aromatic heterocycles. The monoisotopic (exact) mass is 210 g/mol. The lowest BCUT2D eigenvalue weighted by atomic mass is 10.5. The van der Waals surface area contributed by atoms with E-state index >= 15 is 0 Å². The summed E-state index contributed by atoms with van der Waals surface area (Å²) in [6, 6.07) is 0. The summed E-state index contributed by atoms with van der Waals surface area (Å²) in [6.45, 7) is 0. The van der Waals surface area contributed by atoms with Crippen LogP contribution in [0, 0.1) is 0 Å². The Bertz CT molecular complexity index is 230. The van der Waals surface area contributed by atoms with Gasteiger partial charge in [0.2, 0.25) is 0 Å². The first kappa shape index (κ1) is 13.7. The van der Waals surface area contributed by atoms with E-state index in [1.54, 1.807) is 0 Å². The van der Waals surface area contributed by atoms with Crippen LogP contribution in [0.5, 0.6) is 0 Å². The van der Waals surface area contributed by atoms with E-state index in [1.165, 1.54) is 25.7 Å². The number of hydrogen-bond acceptors (Lipinski definition) is 4. The zero-order chi connectivity index (χ0) is 7.40. The molecule has 1 aromatic rings. The molecule has 0 radical (unpaired) electrons. The van der Waals surface area contributed by atoms with Gasteiger partial charge in [0.05, 0.1) is 13.3 Å². The number of hydrogen-bond donors (Lipinski definition) is 0. The third-order valence-electron chi connectivity index (χ3n) is 0.958. The average Bonchev–Trinajstić information content (AvgIpc) is 2.05. The van der Waals surface area contributed by atoms with E-state index < -0.39 is 5.97 Å². The fourth-order valence-corrected chi connectivity index (χ4v) is 0.509. The van der Waals surface area contributed by atoms with Crippen LogP contribution in [0.4, 0.5) is 0 Å². The molecule has 68 valence electrons. The van der Waals surface area contributed by atoms with Crippen molar-refractivity contribution in [3.05, 3.63) is 24.3 Å². The van der Waals surface area contributed by atoms with Gasteiger partial charge in [0.15, 0.2) is 5.69 Å². The highest BCUT2D eigenvalue weighted by Crippen LogP contribution is 1.91. The maximum Gasteiger partial charge on any atom is 0.358 e. The Balaban J connectivity index is 0. The number of ether oxygens (including phenoxy) is 1. The van der Waals surface area contributed by atoms with Crippen molar-refractivity contribution in [1.82, 2.24) is 9.97 Å². The van der Waals surface area contributed by atoms with E-state index in [0.29, 0.717) is 0 Å². The fourth-order valence-electron chi connectivity index (χ4n) is 0.509. The highest BCUT2D eigenvalue weighted by atomic mass is 35.5. The summed E-state index contributed by atoms with van der Waals surface area (Å²) in [5.74, 6) is -0.465. The van der Waals surface area contributed by atoms with Crippen LogP contribution in [0.1, 0.15) is 10.5 Å². The largest absolute Gasteiger partial charge is 0.464 e. The summed E-state index contributed by atoms with van der Waals surface area (Å²) in [4.78, 5) is 18.1. The van der Waals surface area contributed by atoms with Gasteiger partial charge in [-0.05, 0) is 0 Å². The molecule has 0 aliphatic carbocycles. The summed E-state index contributed by atoms with van der Waals surface area (Å²) in [7, 11) is 1.30. The smallest absolute Gasteiger partial charge is 0.358 e. The summed E-state index contributed by atoms with van der Waals surface area (Å²) in [5.41, 5.74) is 0.227. The van der Waals surface area contributed by atoms with Crippen molar-refractivity contribution in [3.63, 3.8) is 0 Å². The van der Waals surface area contributed by atoms with Crippen molar-refractivity contribution in [3.8, 4) is 0 Å². The lowest BCUT2D eigenvalue weighted by Crippen LogP contribution is -2.03. The Morgan fingerprint density at radius 3 is 2.50 bits per heavy atom. The SMILES string of the molecule is COC(=O)c1cnccn1.Cl.Cl. The second kappa shape index (κ2) is 6.82. The van der Waals surface area contributed by atoms with Crippen molar-refractivity contribution in [1.29, 1.82) is 0 Å². The molecular formula is C6H8Cl2N2O2. The van der Waals surface area contributed by atoms with Gasteiger partial charge in [-0.15, -0.1) is 24.8 Å². The number of carbonyl (C=O) groups excluding carboxylic acids is 1. The molecule has 0 spiro atoms. The van der Waals surface area contributed by atoms with E-state index in [-0.39, 0.29) is 30.5 Å². The summed E-state index contributed by atoms with van der Waals surface area (Å²) >= 11 is 0. The number of rotatable bonds is 1. The molecule has 0 saturated heterocycles. The molecule has 0 aliphatic rings. The second-order valence-corrected chi connectivity index (χ2v) is 1.58. The zero-order valence-corrected chi connectivity index (χ0v) is 7.89. The van der Waals surface area contributed by atoms with Crippen molar-refractivity contribution < 1.29 is 9.53 Å². The van der Waals surface area contributed by atoms with Crippen LogP contribution in [0.15, 0.2) is 18.6 Å². The van der Waals surface area contributed by atoms with Crippen molar-refractivity contribution in [2.45, 2.75) is 0 Å². The Morgan fingerprint density at radius 2 is 2.08 bits per heavy atom. The van der Waals surface area contributed by atoms with Crippen LogP contribution in [-0.2, 0) is 4.74 Å². The van der Waals surface area contributed by atoms with E-state index in [2.05, 4.69) is 14.7 Å². The third kappa shape index (κ3) is 3.50. The van der Waals surface area contributed by atoms with E-state index in [9.17, 15) is 4.79 Å². The first-order valence-corrected chi connectivity index (χ1v) is 2.69. The highest BCUT2D eigenvalue weighted by molar-refractivity contribution is 5.86. The van der Waals surface area contributed by atoms with Gasteiger partial charge >= 0.3 is 5.97 Å². The van der Waals surface area contributed by atoms with Gasteiger partial charge in [-0.25, -0.2) is 9.78 Å². The lowest BCUT2D eigenvalue weighted by Gasteiger charge is -1.93. The van der Waals surface area contributed by atoms with Gasteiger partial charge in [-0.1, -0.05) is 0 Å². The van der Waals surface area contributed by atoms with Crippen molar-refractivity contribution in [2.24, 2.45) is 0 Å². The minimum atomic E-state index is -0.465. The van der Waals surface area contributed by atoms with E-state index in [0.717, 1.165) is 0 Å². The number of halogens is 2. The Morgan fingerprint density at radius 1 is 1.42 bits per heavy atom. The van der Waals surface area contributed by atoms with Crippen molar-refractivity contribution in [2.75, 3.05) is 7.11 Å². The topological polar surface area (TPSA) is 52.1 Å². The number of carbonyl (C=O) groups is 1. The molecule has 1 heterocycles. The Hall–Kier alpha value is -0.870. The number of aromatic nitrogens is 2. The zero-order valence-electron chi connectivity index (χ0n) is 6.26. The second-order valence-electron chi connectivity index (χ2n) is 1.58. The van der Waals surface area contributed by atoms with Gasteiger partial charge in [-0.3, -0.25) is 4.98 Å². The highest BCUT2D eigenvalue weighted by Gasteiger charge is 2.03. The van der Waals surface area contributed by atoms with Crippen LogP contribution in [-0.4, -0.2) is 23.0 Å². The number of methoxy groups -OCH3 is 1. The van der Waals surface area contributed by atoms with Gasteiger partial charge < -0.3 is 4.74 Å².